The van der Waals surface area contributed by atoms with Crippen molar-refractivity contribution < 1.29 is 0 Å². The quantitative estimate of drug-likeness (QED) is 0.405. The predicted molar refractivity (Wildman–Crippen MR) is 112 cm³/mol. The minimum Gasteiger partial charge on any atom is -0.385 e. The molecule has 3 heterocycles. The van der Waals surface area contributed by atoms with Crippen LogP contribution in [0.4, 0.5) is 0 Å². The Bertz CT molecular complexity index is 1220. The third kappa shape index (κ3) is 4.14. The van der Waals surface area contributed by atoms with Gasteiger partial charge in [0.1, 0.15) is 0 Å². The fourth-order valence-corrected chi connectivity index (χ4v) is 3.81. The van der Waals surface area contributed by atoms with Crippen LogP contribution in [0, 0.1) is 5.53 Å². The lowest BCUT2D eigenvalue weighted by Gasteiger charge is -2.09. The molecule has 8 nitrogen and oxygen atoms in total. The predicted octanol–water partition coefficient (Wildman–Crippen LogP) is 3.91. The molecule has 0 aliphatic rings. The van der Waals surface area contributed by atoms with Gasteiger partial charge >= 0.3 is 4.87 Å². The van der Waals surface area contributed by atoms with Crippen LogP contribution in [-0.4, -0.2) is 19.7 Å². The summed E-state index contributed by atoms with van der Waals surface area (Å²) in [6.45, 7) is 2.70. The van der Waals surface area contributed by atoms with E-state index in [-0.39, 0.29) is 10.8 Å². The highest BCUT2D eigenvalue weighted by molar-refractivity contribution is 7.16. The van der Waals surface area contributed by atoms with Gasteiger partial charge in [-0.1, -0.05) is 30.4 Å². The Morgan fingerprint density at radius 2 is 2.24 bits per heavy atom. The van der Waals surface area contributed by atoms with Crippen molar-refractivity contribution in [3.63, 3.8) is 0 Å². The SMILES string of the molecule is CC(c1ccc2[nH]c(=O)sc2c1)c1ccn(-c2ccc(CN/C=C\N=N)cn2)n1. The normalized spacial score (nSPS) is 12.4. The zero-order chi connectivity index (χ0) is 20.2. The van der Waals surface area contributed by atoms with E-state index in [2.05, 4.69) is 32.4 Å². The molecule has 9 heteroatoms. The largest absolute Gasteiger partial charge is 0.385 e. The van der Waals surface area contributed by atoms with E-state index in [1.54, 1.807) is 17.1 Å². The Morgan fingerprint density at radius 1 is 1.34 bits per heavy atom. The number of pyridine rings is 1. The number of nitrogens with zero attached hydrogens (tertiary/aromatic N) is 4. The summed E-state index contributed by atoms with van der Waals surface area (Å²) in [6.07, 6.45) is 6.69. The first kappa shape index (κ1) is 18.8. The van der Waals surface area contributed by atoms with Gasteiger partial charge in [0, 0.05) is 31.1 Å². The molecule has 1 aromatic carbocycles. The van der Waals surface area contributed by atoms with Crippen LogP contribution in [0.3, 0.4) is 0 Å². The molecule has 29 heavy (non-hydrogen) atoms. The van der Waals surface area contributed by atoms with Crippen LogP contribution in [0.25, 0.3) is 16.0 Å². The highest BCUT2D eigenvalue weighted by atomic mass is 32.1. The Kier molecular flexibility index (Phi) is 5.30. The number of benzene rings is 1. The van der Waals surface area contributed by atoms with E-state index in [1.807, 2.05) is 42.6 Å². The molecule has 0 bridgehead atoms. The lowest BCUT2D eigenvalue weighted by molar-refractivity contribution is 0.776. The van der Waals surface area contributed by atoms with Crippen molar-refractivity contribution in [2.24, 2.45) is 5.11 Å². The van der Waals surface area contributed by atoms with Crippen LogP contribution >= 0.6 is 11.3 Å². The number of H-pyrrole nitrogens is 1. The molecule has 0 aliphatic heterocycles. The Hall–Kier alpha value is -3.59. The van der Waals surface area contributed by atoms with Crippen LogP contribution in [0.1, 0.15) is 29.7 Å². The van der Waals surface area contributed by atoms with Crippen molar-refractivity contribution in [1.29, 1.82) is 5.53 Å². The third-order valence-electron chi connectivity index (χ3n) is 4.62. The van der Waals surface area contributed by atoms with Gasteiger partial charge in [-0.05, 0) is 35.4 Å². The van der Waals surface area contributed by atoms with Crippen molar-refractivity contribution in [1.82, 2.24) is 25.1 Å². The van der Waals surface area contributed by atoms with Crippen LogP contribution in [0.2, 0.25) is 0 Å². The first-order valence-electron chi connectivity index (χ1n) is 9.02. The van der Waals surface area contributed by atoms with Gasteiger partial charge in [-0.2, -0.15) is 10.2 Å². The number of aromatic amines is 1. The zero-order valence-electron chi connectivity index (χ0n) is 15.7. The summed E-state index contributed by atoms with van der Waals surface area (Å²) in [5.74, 6) is 0.832. The number of hydrogen-bond donors (Lipinski definition) is 3. The standard InChI is InChI=1S/C20H19N7OS/c1-13(15-3-4-17-18(10-15)29-20(28)25-17)16-6-9-27(26-16)19-5-2-14(12-23-19)11-22-7-8-24-21/h2-10,12-13,21-22H,11H2,1H3,(H,25,28)/b8-7-,24-21?. The fraction of sp³-hybridized carbons (Fsp3) is 0.150. The molecular weight excluding hydrogens is 386 g/mol. The maximum Gasteiger partial charge on any atom is 0.305 e. The van der Waals surface area contributed by atoms with Crippen molar-refractivity contribution in [3.05, 3.63) is 87.7 Å². The average Bonchev–Trinajstić information content (AvgIpc) is 3.36. The summed E-state index contributed by atoms with van der Waals surface area (Å²) in [5, 5.41) is 10.9. The Balaban J connectivity index is 1.50. The second kappa shape index (κ2) is 8.19. The molecule has 0 saturated carbocycles. The number of fused-ring (bicyclic) bond motifs is 1. The molecule has 1 unspecified atom stereocenters. The van der Waals surface area contributed by atoms with Crippen LogP contribution < -0.4 is 10.2 Å². The van der Waals surface area contributed by atoms with Crippen molar-refractivity contribution in [2.45, 2.75) is 19.4 Å². The van der Waals surface area contributed by atoms with E-state index < -0.39 is 0 Å². The molecule has 0 aliphatic carbocycles. The number of hydrogen-bond acceptors (Lipinski definition) is 7. The second-order valence-electron chi connectivity index (χ2n) is 6.53. The summed E-state index contributed by atoms with van der Waals surface area (Å²) in [4.78, 5) is 18.8. The summed E-state index contributed by atoms with van der Waals surface area (Å²) >= 11 is 1.22. The van der Waals surface area contributed by atoms with Crippen LogP contribution in [0.5, 0.6) is 0 Å². The van der Waals surface area contributed by atoms with E-state index in [4.69, 9.17) is 5.53 Å². The molecule has 3 aromatic heterocycles. The van der Waals surface area contributed by atoms with Gasteiger partial charge in [0.2, 0.25) is 0 Å². The van der Waals surface area contributed by atoms with E-state index in [9.17, 15) is 4.79 Å². The first-order chi connectivity index (χ1) is 14.1. The van der Waals surface area contributed by atoms with Gasteiger partial charge in [0.25, 0.3) is 0 Å². The average molecular weight is 405 g/mol. The van der Waals surface area contributed by atoms with E-state index >= 15 is 0 Å². The topological polar surface area (TPSA) is 112 Å². The molecular formula is C20H19N7OS. The Morgan fingerprint density at radius 3 is 3.03 bits per heavy atom. The monoisotopic (exact) mass is 405 g/mol. The molecule has 146 valence electrons. The fourth-order valence-electron chi connectivity index (χ4n) is 3.02. The maximum absolute atomic E-state index is 11.5. The van der Waals surface area contributed by atoms with Gasteiger partial charge in [-0.25, -0.2) is 15.2 Å². The highest BCUT2D eigenvalue weighted by Crippen LogP contribution is 2.26. The first-order valence-corrected chi connectivity index (χ1v) is 9.84. The number of aromatic nitrogens is 4. The summed E-state index contributed by atoms with van der Waals surface area (Å²) in [6, 6.07) is 11.9. The van der Waals surface area contributed by atoms with E-state index in [0.717, 1.165) is 32.9 Å². The molecule has 1 atom stereocenters. The van der Waals surface area contributed by atoms with Gasteiger partial charge in [-0.3, -0.25) is 4.79 Å². The maximum atomic E-state index is 11.5. The van der Waals surface area contributed by atoms with Gasteiger partial charge in [0.05, 0.1) is 22.1 Å². The summed E-state index contributed by atoms with van der Waals surface area (Å²) in [5.41, 5.74) is 10.6. The lowest BCUT2D eigenvalue weighted by Crippen LogP contribution is -2.06. The molecule has 0 radical (unpaired) electrons. The minimum absolute atomic E-state index is 0.0405. The molecule has 0 spiro atoms. The molecule has 0 saturated heterocycles. The summed E-state index contributed by atoms with van der Waals surface area (Å²) < 4.78 is 2.71. The zero-order valence-corrected chi connectivity index (χ0v) is 16.5. The Labute approximate surface area is 170 Å². The minimum atomic E-state index is -0.0405. The summed E-state index contributed by atoms with van der Waals surface area (Å²) in [7, 11) is 0. The van der Waals surface area contributed by atoms with Crippen molar-refractivity contribution in [3.8, 4) is 5.82 Å². The van der Waals surface area contributed by atoms with Crippen LogP contribution in [-0.2, 0) is 6.54 Å². The highest BCUT2D eigenvalue weighted by Gasteiger charge is 2.14. The van der Waals surface area contributed by atoms with Gasteiger partial charge < -0.3 is 10.3 Å². The molecule has 0 amide bonds. The van der Waals surface area contributed by atoms with Gasteiger partial charge in [-0.15, -0.1) is 0 Å². The van der Waals surface area contributed by atoms with Crippen molar-refractivity contribution in [2.75, 3.05) is 0 Å². The smallest absolute Gasteiger partial charge is 0.305 e. The van der Waals surface area contributed by atoms with Crippen LogP contribution in [0.15, 0.2) is 71.1 Å². The van der Waals surface area contributed by atoms with Crippen molar-refractivity contribution >= 4 is 21.6 Å². The second-order valence-corrected chi connectivity index (χ2v) is 7.54. The molecule has 4 rings (SSSR count). The molecule has 4 aromatic rings. The number of nitrogens with one attached hydrogen (secondary N) is 3. The third-order valence-corrected chi connectivity index (χ3v) is 5.46. The number of rotatable bonds is 7. The van der Waals surface area contributed by atoms with Gasteiger partial charge in [0.15, 0.2) is 5.82 Å². The van der Waals surface area contributed by atoms with E-state index in [1.165, 1.54) is 17.5 Å². The molecule has 3 N–H and O–H groups in total. The number of thiazole rings is 1. The van der Waals surface area contributed by atoms with E-state index in [0.29, 0.717) is 6.54 Å². The lowest BCUT2D eigenvalue weighted by atomic mass is 9.98. The molecule has 0 fully saturated rings.